The third-order valence-corrected chi connectivity index (χ3v) is 2.68. The summed E-state index contributed by atoms with van der Waals surface area (Å²) >= 11 is 0. The molecule has 0 bridgehead atoms. The molecule has 0 amide bonds. The molecule has 0 aliphatic rings. The molecule has 96 valence electrons. The quantitative estimate of drug-likeness (QED) is 0.903. The molecule has 0 atom stereocenters. The van der Waals surface area contributed by atoms with Crippen LogP contribution in [0.1, 0.15) is 0 Å². The Morgan fingerprint density at radius 2 is 2.00 bits per heavy atom. The molecule has 0 unspecified atom stereocenters. The summed E-state index contributed by atoms with van der Waals surface area (Å²) in [6, 6.07) is 4.81. The largest absolute Gasteiger partial charge is 0.493 e. The minimum absolute atomic E-state index is 0.0548. The maximum Gasteiger partial charge on any atom is 0.197 e. The van der Waals surface area contributed by atoms with Crippen LogP contribution in [0.2, 0.25) is 0 Å². The Bertz CT molecular complexity index is 561. The van der Waals surface area contributed by atoms with Crippen LogP contribution < -0.4 is 15.2 Å². The highest BCUT2D eigenvalue weighted by atomic mass is 19.1. The van der Waals surface area contributed by atoms with Crippen molar-refractivity contribution in [1.29, 1.82) is 0 Å². The zero-order valence-corrected chi connectivity index (χ0v) is 10.4. The lowest BCUT2D eigenvalue weighted by molar-refractivity contribution is 0.338. The van der Waals surface area contributed by atoms with Crippen molar-refractivity contribution in [1.82, 2.24) is 9.78 Å². The Morgan fingerprint density at radius 1 is 1.28 bits per heavy atom. The number of halogens is 1. The fourth-order valence-corrected chi connectivity index (χ4v) is 1.70. The first-order valence-electron chi connectivity index (χ1n) is 5.28. The Labute approximate surface area is 104 Å². The lowest BCUT2D eigenvalue weighted by atomic mass is 10.1. The van der Waals surface area contributed by atoms with Gasteiger partial charge in [0.1, 0.15) is 5.82 Å². The highest BCUT2D eigenvalue weighted by Gasteiger charge is 2.18. The summed E-state index contributed by atoms with van der Waals surface area (Å²) in [5.74, 6) is 0.330. The topological polar surface area (TPSA) is 62.3 Å². The van der Waals surface area contributed by atoms with Crippen molar-refractivity contribution in [2.24, 2.45) is 7.05 Å². The van der Waals surface area contributed by atoms with E-state index >= 15 is 0 Å². The monoisotopic (exact) mass is 251 g/mol. The number of nitrogens with two attached hydrogens (primary N) is 1. The number of aryl methyl sites for hydroxylation is 1. The fraction of sp³-hybridized carbons (Fsp3) is 0.250. The summed E-state index contributed by atoms with van der Waals surface area (Å²) in [4.78, 5) is 0. The molecule has 1 aromatic heterocycles. The zero-order chi connectivity index (χ0) is 13.3. The average molecular weight is 251 g/mol. The number of hydrogen-bond donors (Lipinski definition) is 1. The van der Waals surface area contributed by atoms with Gasteiger partial charge in [-0.25, -0.2) is 4.39 Å². The minimum Gasteiger partial charge on any atom is -0.493 e. The van der Waals surface area contributed by atoms with E-state index in [1.807, 2.05) is 0 Å². The molecule has 0 spiro atoms. The van der Waals surface area contributed by atoms with Crippen molar-refractivity contribution in [3.63, 3.8) is 0 Å². The van der Waals surface area contributed by atoms with E-state index in [-0.39, 0.29) is 5.75 Å². The second-order valence-corrected chi connectivity index (χ2v) is 3.74. The van der Waals surface area contributed by atoms with Gasteiger partial charge in [-0.05, 0) is 12.1 Å². The molecule has 0 saturated heterocycles. The van der Waals surface area contributed by atoms with Gasteiger partial charge >= 0.3 is 0 Å². The second kappa shape index (κ2) is 4.56. The van der Waals surface area contributed by atoms with Crippen LogP contribution in [0.15, 0.2) is 18.2 Å². The average Bonchev–Trinajstić information content (AvgIpc) is 2.68. The molecule has 0 saturated carbocycles. The molecule has 2 N–H and O–H groups in total. The molecule has 0 fully saturated rings. The van der Waals surface area contributed by atoms with Gasteiger partial charge in [-0.2, -0.15) is 5.10 Å². The molecule has 18 heavy (non-hydrogen) atoms. The van der Waals surface area contributed by atoms with Crippen LogP contribution in [0, 0.1) is 5.82 Å². The molecule has 1 heterocycles. The first-order valence-corrected chi connectivity index (χ1v) is 5.28. The summed E-state index contributed by atoms with van der Waals surface area (Å²) < 4.78 is 25.8. The van der Waals surface area contributed by atoms with Gasteiger partial charge < -0.3 is 15.2 Å². The number of aromatic nitrogens is 2. The number of anilines is 1. The smallest absolute Gasteiger partial charge is 0.197 e. The van der Waals surface area contributed by atoms with E-state index < -0.39 is 5.82 Å². The van der Waals surface area contributed by atoms with E-state index in [1.165, 1.54) is 18.9 Å². The summed E-state index contributed by atoms with van der Waals surface area (Å²) in [6.45, 7) is 0. The van der Waals surface area contributed by atoms with Gasteiger partial charge in [0.05, 0.1) is 19.9 Å². The van der Waals surface area contributed by atoms with Gasteiger partial charge in [-0.15, -0.1) is 0 Å². The van der Waals surface area contributed by atoms with Gasteiger partial charge in [0, 0.05) is 18.7 Å². The summed E-state index contributed by atoms with van der Waals surface area (Å²) in [5.41, 5.74) is 6.45. The molecule has 2 aromatic rings. The van der Waals surface area contributed by atoms with Crippen LogP contribution in [0.4, 0.5) is 10.2 Å². The number of hydrogen-bond acceptors (Lipinski definition) is 4. The lowest BCUT2D eigenvalue weighted by Gasteiger charge is -2.10. The van der Waals surface area contributed by atoms with Crippen molar-refractivity contribution in [2.45, 2.75) is 0 Å². The summed E-state index contributed by atoms with van der Waals surface area (Å²) in [5, 5.41) is 4.13. The molecule has 0 aliphatic carbocycles. The summed E-state index contributed by atoms with van der Waals surface area (Å²) in [6.07, 6.45) is 0. The van der Waals surface area contributed by atoms with Crippen LogP contribution in [0.25, 0.3) is 11.3 Å². The van der Waals surface area contributed by atoms with E-state index in [4.69, 9.17) is 15.2 Å². The number of rotatable bonds is 3. The highest BCUT2D eigenvalue weighted by molar-refractivity contribution is 5.67. The van der Waals surface area contributed by atoms with Crippen molar-refractivity contribution in [3.8, 4) is 22.8 Å². The predicted molar refractivity (Wildman–Crippen MR) is 66.1 cm³/mol. The number of benzene rings is 1. The first-order chi connectivity index (χ1) is 8.58. The third kappa shape index (κ3) is 1.85. The molecule has 0 radical (unpaired) electrons. The van der Waals surface area contributed by atoms with Crippen LogP contribution >= 0.6 is 0 Å². The Kier molecular flexibility index (Phi) is 3.10. The third-order valence-electron chi connectivity index (χ3n) is 2.68. The van der Waals surface area contributed by atoms with Crippen LogP contribution in [0.3, 0.4) is 0 Å². The molecular formula is C12H14FN3O2. The number of nitrogens with zero attached hydrogens (tertiary/aromatic N) is 2. The molecule has 0 aliphatic heterocycles. The van der Waals surface area contributed by atoms with E-state index in [0.717, 1.165) is 0 Å². The maximum atomic E-state index is 14.3. The Hall–Kier alpha value is -2.24. The van der Waals surface area contributed by atoms with E-state index in [1.54, 1.807) is 25.2 Å². The molecule has 5 nitrogen and oxygen atoms in total. The van der Waals surface area contributed by atoms with Crippen LogP contribution in [0.5, 0.6) is 11.5 Å². The normalized spacial score (nSPS) is 10.4. The number of methoxy groups -OCH3 is 2. The fourth-order valence-electron chi connectivity index (χ4n) is 1.70. The maximum absolute atomic E-state index is 14.3. The highest BCUT2D eigenvalue weighted by Crippen LogP contribution is 2.36. The van der Waals surface area contributed by atoms with Crippen molar-refractivity contribution >= 4 is 5.82 Å². The zero-order valence-electron chi connectivity index (χ0n) is 10.4. The van der Waals surface area contributed by atoms with Crippen LogP contribution in [-0.2, 0) is 7.05 Å². The minimum atomic E-state index is -0.519. The Morgan fingerprint density at radius 3 is 2.50 bits per heavy atom. The van der Waals surface area contributed by atoms with Crippen molar-refractivity contribution in [3.05, 3.63) is 24.0 Å². The molecular weight excluding hydrogens is 237 g/mol. The van der Waals surface area contributed by atoms with E-state index in [9.17, 15) is 4.39 Å². The SMILES string of the molecule is COc1ccc(-c2cc(N)n(C)n2)c(F)c1OC. The molecule has 2 rings (SSSR count). The summed E-state index contributed by atoms with van der Waals surface area (Å²) in [7, 11) is 4.53. The van der Waals surface area contributed by atoms with Gasteiger partial charge in [-0.1, -0.05) is 0 Å². The standard InChI is InChI=1S/C12H14FN3O2/c1-16-10(14)6-8(15-16)7-4-5-9(17-2)12(18-3)11(7)13/h4-6H,14H2,1-3H3. The number of nitrogen functional groups attached to an aromatic ring is 1. The lowest BCUT2D eigenvalue weighted by Crippen LogP contribution is -1.98. The van der Waals surface area contributed by atoms with Gasteiger partial charge in [-0.3, -0.25) is 4.68 Å². The van der Waals surface area contributed by atoms with Gasteiger partial charge in [0.2, 0.25) is 0 Å². The van der Waals surface area contributed by atoms with Crippen molar-refractivity contribution in [2.75, 3.05) is 20.0 Å². The Balaban J connectivity index is 2.58. The van der Waals surface area contributed by atoms with Gasteiger partial charge in [0.25, 0.3) is 0 Å². The first kappa shape index (κ1) is 12.2. The van der Waals surface area contributed by atoms with E-state index in [2.05, 4.69) is 5.10 Å². The van der Waals surface area contributed by atoms with Gasteiger partial charge in [0.15, 0.2) is 17.3 Å². The number of ether oxygens (including phenoxy) is 2. The van der Waals surface area contributed by atoms with E-state index in [0.29, 0.717) is 22.8 Å². The van der Waals surface area contributed by atoms with Crippen LogP contribution in [-0.4, -0.2) is 24.0 Å². The molecule has 1 aromatic carbocycles. The second-order valence-electron chi connectivity index (χ2n) is 3.74. The molecule has 6 heteroatoms. The predicted octanol–water partition coefficient (Wildman–Crippen LogP) is 1.83. The van der Waals surface area contributed by atoms with Crippen molar-refractivity contribution < 1.29 is 13.9 Å².